The second-order valence-corrected chi connectivity index (χ2v) is 4.75. The summed E-state index contributed by atoms with van der Waals surface area (Å²) < 4.78 is 5.01. The largest absolute Gasteiger partial charge is 0.462 e. The summed E-state index contributed by atoms with van der Waals surface area (Å²) in [6.07, 6.45) is 1.49. The lowest BCUT2D eigenvalue weighted by Crippen LogP contribution is -2.08. The number of nitrogens with one attached hydrogen (secondary N) is 2. The van der Waals surface area contributed by atoms with Gasteiger partial charge in [0.15, 0.2) is 0 Å². The Morgan fingerprint density at radius 1 is 1.40 bits per heavy atom. The maximum absolute atomic E-state index is 12.0. The molecule has 0 aliphatic heterocycles. The van der Waals surface area contributed by atoms with E-state index in [4.69, 9.17) is 16.3 Å². The molecule has 2 N–H and O–H groups in total. The van der Waals surface area contributed by atoms with Gasteiger partial charge in [0.25, 0.3) is 5.56 Å². The lowest BCUT2D eigenvalue weighted by molar-refractivity contribution is 0.0529. The third kappa shape index (κ3) is 1.87. The zero-order valence-corrected chi connectivity index (χ0v) is 11.4. The van der Waals surface area contributed by atoms with Crippen molar-refractivity contribution in [1.82, 2.24) is 9.97 Å². The minimum absolute atomic E-state index is 0.276. The molecule has 0 spiro atoms. The van der Waals surface area contributed by atoms with Gasteiger partial charge in [0.05, 0.1) is 17.7 Å². The molecular weight excluding hydrogens is 280 g/mol. The Kier molecular flexibility index (Phi) is 2.99. The average molecular weight is 291 g/mol. The Bertz CT molecular complexity index is 879. The Hall–Kier alpha value is -2.27. The van der Waals surface area contributed by atoms with Crippen LogP contribution in [0.5, 0.6) is 0 Å². The topological polar surface area (TPSA) is 75.0 Å². The minimum atomic E-state index is -0.458. The number of carbonyl (C=O) groups excluding carboxylic acids is 1. The SMILES string of the molecule is CCOC(=O)c1c[nH]c2c(=O)[nH]c3cc(Cl)ccc3c12. The van der Waals surface area contributed by atoms with Crippen molar-refractivity contribution >= 4 is 39.4 Å². The van der Waals surface area contributed by atoms with E-state index in [1.54, 1.807) is 25.1 Å². The van der Waals surface area contributed by atoms with Crippen LogP contribution in [0.15, 0.2) is 29.2 Å². The van der Waals surface area contributed by atoms with Crippen molar-refractivity contribution in [3.05, 3.63) is 45.3 Å². The van der Waals surface area contributed by atoms with Crippen LogP contribution in [-0.2, 0) is 4.74 Å². The van der Waals surface area contributed by atoms with E-state index in [0.29, 0.717) is 27.0 Å². The Morgan fingerprint density at radius 3 is 2.95 bits per heavy atom. The number of benzene rings is 1. The van der Waals surface area contributed by atoms with Crippen LogP contribution in [0.1, 0.15) is 17.3 Å². The van der Waals surface area contributed by atoms with Gasteiger partial charge in [-0.1, -0.05) is 17.7 Å². The number of H-pyrrole nitrogens is 2. The van der Waals surface area contributed by atoms with Crippen LogP contribution in [0.2, 0.25) is 5.02 Å². The summed E-state index contributed by atoms with van der Waals surface area (Å²) in [6.45, 7) is 2.01. The van der Waals surface area contributed by atoms with Crippen LogP contribution in [0.3, 0.4) is 0 Å². The summed E-state index contributed by atoms with van der Waals surface area (Å²) in [5.41, 5.74) is 0.980. The summed E-state index contributed by atoms with van der Waals surface area (Å²) in [7, 11) is 0. The molecule has 0 saturated carbocycles. The number of rotatable bonds is 2. The quantitative estimate of drug-likeness (QED) is 0.713. The van der Waals surface area contributed by atoms with E-state index in [0.717, 1.165) is 5.39 Å². The first kappa shape index (κ1) is 12.7. The number of aromatic amines is 2. The summed E-state index contributed by atoms with van der Waals surface area (Å²) >= 11 is 5.93. The van der Waals surface area contributed by atoms with E-state index >= 15 is 0 Å². The molecule has 0 unspecified atom stereocenters. The fourth-order valence-corrected chi connectivity index (χ4v) is 2.45. The van der Waals surface area contributed by atoms with Crippen LogP contribution >= 0.6 is 11.6 Å². The molecule has 102 valence electrons. The van der Waals surface area contributed by atoms with Gasteiger partial charge in [0.1, 0.15) is 5.52 Å². The van der Waals surface area contributed by atoms with Crippen molar-refractivity contribution in [3.63, 3.8) is 0 Å². The van der Waals surface area contributed by atoms with E-state index in [1.807, 2.05) is 0 Å². The van der Waals surface area contributed by atoms with Gasteiger partial charge in [-0.3, -0.25) is 4.79 Å². The first-order valence-electron chi connectivity index (χ1n) is 6.11. The van der Waals surface area contributed by atoms with E-state index in [1.165, 1.54) is 6.20 Å². The van der Waals surface area contributed by atoms with E-state index in [-0.39, 0.29) is 12.2 Å². The van der Waals surface area contributed by atoms with Crippen LogP contribution in [0.4, 0.5) is 0 Å². The highest BCUT2D eigenvalue weighted by molar-refractivity contribution is 6.31. The molecule has 0 saturated heterocycles. The summed E-state index contributed by atoms with van der Waals surface area (Å²) in [5, 5.41) is 1.81. The smallest absolute Gasteiger partial charge is 0.340 e. The maximum Gasteiger partial charge on any atom is 0.340 e. The minimum Gasteiger partial charge on any atom is -0.462 e. The molecule has 0 aliphatic carbocycles. The normalized spacial score (nSPS) is 11.1. The lowest BCUT2D eigenvalue weighted by atomic mass is 10.1. The summed E-state index contributed by atoms with van der Waals surface area (Å²) in [4.78, 5) is 29.5. The van der Waals surface area contributed by atoms with Gasteiger partial charge >= 0.3 is 5.97 Å². The molecule has 3 aromatic rings. The number of esters is 1. The van der Waals surface area contributed by atoms with Gasteiger partial charge in [-0.05, 0) is 19.1 Å². The summed E-state index contributed by atoms with van der Waals surface area (Å²) in [5.74, 6) is -0.458. The van der Waals surface area contributed by atoms with Gasteiger partial charge in [-0.2, -0.15) is 0 Å². The van der Waals surface area contributed by atoms with Gasteiger partial charge in [0.2, 0.25) is 0 Å². The molecule has 0 bridgehead atoms. The number of hydrogen-bond acceptors (Lipinski definition) is 3. The van der Waals surface area contributed by atoms with Gasteiger partial charge in [-0.15, -0.1) is 0 Å². The molecular formula is C14H11ClN2O3. The first-order valence-corrected chi connectivity index (χ1v) is 6.49. The Balaban J connectivity index is 2.42. The highest BCUT2D eigenvalue weighted by atomic mass is 35.5. The number of ether oxygens (including phenoxy) is 1. The van der Waals surface area contributed by atoms with Crippen LogP contribution < -0.4 is 5.56 Å². The highest BCUT2D eigenvalue weighted by Gasteiger charge is 2.17. The molecule has 6 heteroatoms. The third-order valence-corrected chi connectivity index (χ3v) is 3.34. The molecule has 20 heavy (non-hydrogen) atoms. The van der Waals surface area contributed by atoms with E-state index in [9.17, 15) is 9.59 Å². The predicted octanol–water partition coefficient (Wildman–Crippen LogP) is 2.84. The Labute approximate surface area is 118 Å². The monoisotopic (exact) mass is 290 g/mol. The second kappa shape index (κ2) is 4.68. The van der Waals surface area contributed by atoms with E-state index in [2.05, 4.69) is 9.97 Å². The van der Waals surface area contributed by atoms with E-state index < -0.39 is 5.97 Å². The Morgan fingerprint density at radius 2 is 2.20 bits per heavy atom. The molecule has 5 nitrogen and oxygen atoms in total. The third-order valence-electron chi connectivity index (χ3n) is 3.10. The maximum atomic E-state index is 12.0. The lowest BCUT2D eigenvalue weighted by Gasteiger charge is -2.03. The zero-order chi connectivity index (χ0) is 14.3. The van der Waals surface area contributed by atoms with Gasteiger partial charge in [-0.25, -0.2) is 4.79 Å². The van der Waals surface area contributed by atoms with Gasteiger partial charge in [0, 0.05) is 22.0 Å². The number of hydrogen-bond donors (Lipinski definition) is 2. The number of carbonyl (C=O) groups is 1. The number of aromatic nitrogens is 2. The van der Waals surface area contributed by atoms with Crippen molar-refractivity contribution in [2.24, 2.45) is 0 Å². The van der Waals surface area contributed by atoms with Crippen molar-refractivity contribution in [1.29, 1.82) is 0 Å². The van der Waals surface area contributed by atoms with Crippen molar-refractivity contribution in [3.8, 4) is 0 Å². The van der Waals surface area contributed by atoms with Crippen molar-refractivity contribution in [2.45, 2.75) is 6.92 Å². The van der Waals surface area contributed by atoms with Crippen LogP contribution in [0, 0.1) is 0 Å². The molecule has 1 aromatic carbocycles. The van der Waals surface area contributed by atoms with Crippen molar-refractivity contribution in [2.75, 3.05) is 6.61 Å². The van der Waals surface area contributed by atoms with Crippen LogP contribution in [-0.4, -0.2) is 22.5 Å². The number of pyridine rings is 1. The van der Waals surface area contributed by atoms with Crippen molar-refractivity contribution < 1.29 is 9.53 Å². The summed E-state index contributed by atoms with van der Waals surface area (Å²) in [6, 6.07) is 5.13. The van der Waals surface area contributed by atoms with Gasteiger partial charge < -0.3 is 14.7 Å². The molecule has 0 radical (unpaired) electrons. The predicted molar refractivity (Wildman–Crippen MR) is 77.4 cm³/mol. The number of fused-ring (bicyclic) bond motifs is 3. The fraction of sp³-hybridized carbons (Fsp3) is 0.143. The molecule has 2 aromatic heterocycles. The standard InChI is InChI=1S/C14H11ClN2O3/c1-2-20-14(19)9-6-16-12-11(9)8-4-3-7(15)5-10(8)17-13(12)18/h3-6,16H,2H2,1H3,(H,17,18). The molecule has 0 aliphatic rings. The molecule has 2 heterocycles. The molecule has 0 fully saturated rings. The molecule has 3 rings (SSSR count). The second-order valence-electron chi connectivity index (χ2n) is 4.32. The molecule has 0 amide bonds. The number of halogens is 1. The zero-order valence-electron chi connectivity index (χ0n) is 10.6. The first-order chi connectivity index (χ1) is 9.61. The molecule has 0 atom stereocenters. The fourth-order valence-electron chi connectivity index (χ4n) is 2.27. The average Bonchev–Trinajstić information content (AvgIpc) is 2.84. The van der Waals surface area contributed by atoms with Crippen LogP contribution in [0.25, 0.3) is 21.8 Å². The highest BCUT2D eigenvalue weighted by Crippen LogP contribution is 2.26.